The maximum absolute atomic E-state index is 5.32. The summed E-state index contributed by atoms with van der Waals surface area (Å²) in [6, 6.07) is 0. The van der Waals surface area contributed by atoms with E-state index in [9.17, 15) is 0 Å². The van der Waals surface area contributed by atoms with E-state index in [2.05, 4.69) is 20.8 Å². The molecule has 0 aliphatic carbocycles. The summed E-state index contributed by atoms with van der Waals surface area (Å²) in [4.78, 5) is 0. The zero-order valence-electron chi connectivity index (χ0n) is 7.44. The van der Waals surface area contributed by atoms with Crippen LogP contribution in [0.25, 0.3) is 0 Å². The Morgan fingerprint density at radius 1 is 1.40 bits per heavy atom. The van der Waals surface area contributed by atoms with Crippen molar-refractivity contribution in [3.05, 3.63) is 6.92 Å². The Morgan fingerprint density at radius 3 is 2.40 bits per heavy atom. The van der Waals surface area contributed by atoms with Crippen LogP contribution in [0.15, 0.2) is 0 Å². The summed E-state index contributed by atoms with van der Waals surface area (Å²) in [5.74, 6) is 0. The minimum atomic E-state index is 0.317. The van der Waals surface area contributed by atoms with E-state index in [0.29, 0.717) is 5.41 Å². The summed E-state index contributed by atoms with van der Waals surface area (Å²) in [5.41, 5.74) is 0.317. The molecule has 0 aromatic heterocycles. The normalized spacial score (nSPS) is 12.0. The molecule has 1 radical (unpaired) electrons. The van der Waals surface area contributed by atoms with E-state index in [1.807, 2.05) is 6.92 Å². The van der Waals surface area contributed by atoms with Crippen molar-refractivity contribution in [1.29, 1.82) is 0 Å². The molecular formula is C9H19O. The van der Waals surface area contributed by atoms with Crippen molar-refractivity contribution in [3.63, 3.8) is 0 Å². The van der Waals surface area contributed by atoms with Gasteiger partial charge in [0.15, 0.2) is 0 Å². The third kappa shape index (κ3) is 4.80. The van der Waals surface area contributed by atoms with Gasteiger partial charge in [0.2, 0.25) is 0 Å². The molecule has 0 aromatic carbocycles. The molecule has 0 atom stereocenters. The summed E-state index contributed by atoms with van der Waals surface area (Å²) < 4.78 is 5.32. The molecule has 0 N–H and O–H groups in total. The van der Waals surface area contributed by atoms with Gasteiger partial charge in [-0.05, 0) is 18.8 Å². The zero-order chi connectivity index (χ0) is 8.04. The first kappa shape index (κ1) is 9.96. The van der Waals surface area contributed by atoms with Gasteiger partial charge in [-0.1, -0.05) is 27.2 Å². The van der Waals surface area contributed by atoms with Gasteiger partial charge in [-0.25, -0.2) is 0 Å². The van der Waals surface area contributed by atoms with E-state index < -0.39 is 0 Å². The summed E-state index contributed by atoms with van der Waals surface area (Å²) in [6.45, 7) is 12.0. The van der Waals surface area contributed by atoms with Crippen LogP contribution in [0.1, 0.15) is 33.6 Å². The fourth-order valence-corrected chi connectivity index (χ4v) is 0.929. The summed E-state index contributed by atoms with van der Waals surface area (Å²) in [6.07, 6.45) is 2.15. The van der Waals surface area contributed by atoms with Gasteiger partial charge in [0.1, 0.15) is 0 Å². The lowest BCUT2D eigenvalue weighted by Crippen LogP contribution is -2.18. The SMILES string of the molecule is [CH2]CCC(C)(C)COCC. The van der Waals surface area contributed by atoms with E-state index in [4.69, 9.17) is 4.74 Å². The van der Waals surface area contributed by atoms with Crippen LogP contribution >= 0.6 is 0 Å². The molecule has 61 valence electrons. The smallest absolute Gasteiger partial charge is 0.0516 e. The van der Waals surface area contributed by atoms with Gasteiger partial charge in [0, 0.05) is 6.61 Å². The van der Waals surface area contributed by atoms with Gasteiger partial charge in [-0.3, -0.25) is 0 Å². The van der Waals surface area contributed by atoms with Crippen LogP contribution in [0.4, 0.5) is 0 Å². The Kier molecular flexibility index (Phi) is 4.71. The minimum absolute atomic E-state index is 0.317. The predicted molar refractivity (Wildman–Crippen MR) is 44.9 cm³/mol. The Bertz CT molecular complexity index is 76.8. The quantitative estimate of drug-likeness (QED) is 0.575. The maximum Gasteiger partial charge on any atom is 0.0516 e. The minimum Gasteiger partial charge on any atom is -0.381 e. The summed E-state index contributed by atoms with van der Waals surface area (Å²) in [5, 5.41) is 0. The van der Waals surface area contributed by atoms with Crippen LogP contribution in [0.3, 0.4) is 0 Å². The van der Waals surface area contributed by atoms with Gasteiger partial charge in [-0.2, -0.15) is 0 Å². The van der Waals surface area contributed by atoms with E-state index in [-0.39, 0.29) is 0 Å². The molecular weight excluding hydrogens is 124 g/mol. The summed E-state index contributed by atoms with van der Waals surface area (Å²) >= 11 is 0. The van der Waals surface area contributed by atoms with Crippen molar-refractivity contribution in [2.24, 2.45) is 5.41 Å². The second kappa shape index (κ2) is 4.73. The molecule has 0 aliphatic rings. The Hall–Kier alpha value is -0.0400. The molecule has 1 nitrogen and oxygen atoms in total. The standard InChI is InChI=1S/C9H19O/c1-5-7-9(3,4)8-10-6-2/h1,5-8H2,2-4H3. The Balaban J connectivity index is 3.42. The van der Waals surface area contributed by atoms with Gasteiger partial charge >= 0.3 is 0 Å². The van der Waals surface area contributed by atoms with E-state index in [1.54, 1.807) is 0 Å². The highest BCUT2D eigenvalue weighted by Gasteiger charge is 2.15. The monoisotopic (exact) mass is 143 g/mol. The van der Waals surface area contributed by atoms with Gasteiger partial charge in [0.05, 0.1) is 6.61 Å². The second-order valence-electron chi connectivity index (χ2n) is 3.40. The molecule has 0 amide bonds. The lowest BCUT2D eigenvalue weighted by molar-refractivity contribution is 0.0666. The van der Waals surface area contributed by atoms with Crippen molar-refractivity contribution >= 4 is 0 Å². The summed E-state index contributed by atoms with van der Waals surface area (Å²) in [7, 11) is 0. The van der Waals surface area contributed by atoms with Gasteiger partial charge in [-0.15, -0.1) is 0 Å². The molecule has 0 aliphatic heterocycles. The maximum atomic E-state index is 5.32. The molecule has 10 heavy (non-hydrogen) atoms. The highest BCUT2D eigenvalue weighted by molar-refractivity contribution is 4.67. The molecule has 0 saturated carbocycles. The van der Waals surface area contributed by atoms with E-state index in [0.717, 1.165) is 26.1 Å². The van der Waals surface area contributed by atoms with Crippen molar-refractivity contribution in [2.75, 3.05) is 13.2 Å². The molecule has 0 heterocycles. The second-order valence-corrected chi connectivity index (χ2v) is 3.40. The molecule has 0 rings (SSSR count). The average Bonchev–Trinajstić information content (AvgIpc) is 1.84. The molecule has 0 aromatic rings. The lowest BCUT2D eigenvalue weighted by atomic mass is 9.89. The topological polar surface area (TPSA) is 9.23 Å². The van der Waals surface area contributed by atoms with Crippen LogP contribution in [-0.4, -0.2) is 13.2 Å². The van der Waals surface area contributed by atoms with Gasteiger partial charge in [0.25, 0.3) is 0 Å². The lowest BCUT2D eigenvalue weighted by Gasteiger charge is -2.22. The molecule has 0 fully saturated rings. The first-order chi connectivity index (χ1) is 4.62. The van der Waals surface area contributed by atoms with Crippen molar-refractivity contribution in [1.82, 2.24) is 0 Å². The number of ether oxygens (including phenoxy) is 1. The molecule has 0 saturated heterocycles. The molecule has 0 unspecified atom stereocenters. The fourth-order valence-electron chi connectivity index (χ4n) is 0.929. The highest BCUT2D eigenvalue weighted by atomic mass is 16.5. The largest absolute Gasteiger partial charge is 0.381 e. The number of rotatable bonds is 5. The third-order valence-electron chi connectivity index (χ3n) is 1.55. The van der Waals surface area contributed by atoms with Crippen molar-refractivity contribution in [3.8, 4) is 0 Å². The number of hydrogen-bond donors (Lipinski definition) is 0. The molecule has 1 heteroatoms. The van der Waals surface area contributed by atoms with E-state index in [1.165, 1.54) is 0 Å². The Morgan fingerprint density at radius 2 is 2.00 bits per heavy atom. The molecule has 0 spiro atoms. The Labute approximate surface area is 64.8 Å². The average molecular weight is 143 g/mol. The predicted octanol–water partition coefficient (Wildman–Crippen LogP) is 2.66. The van der Waals surface area contributed by atoms with E-state index >= 15 is 0 Å². The van der Waals surface area contributed by atoms with Crippen LogP contribution in [0, 0.1) is 12.3 Å². The third-order valence-corrected chi connectivity index (χ3v) is 1.55. The fraction of sp³-hybridized carbons (Fsp3) is 0.889. The number of hydrogen-bond acceptors (Lipinski definition) is 1. The van der Waals surface area contributed by atoms with Gasteiger partial charge < -0.3 is 4.74 Å². The van der Waals surface area contributed by atoms with Crippen molar-refractivity contribution < 1.29 is 4.74 Å². The first-order valence-electron chi connectivity index (χ1n) is 3.99. The first-order valence-corrected chi connectivity index (χ1v) is 3.99. The van der Waals surface area contributed by atoms with Crippen LogP contribution < -0.4 is 0 Å². The van der Waals surface area contributed by atoms with Crippen LogP contribution in [0.5, 0.6) is 0 Å². The zero-order valence-corrected chi connectivity index (χ0v) is 7.44. The van der Waals surface area contributed by atoms with Crippen LogP contribution in [0.2, 0.25) is 0 Å². The van der Waals surface area contributed by atoms with Crippen LogP contribution in [-0.2, 0) is 4.74 Å². The molecule has 0 bridgehead atoms. The van der Waals surface area contributed by atoms with Crippen molar-refractivity contribution in [2.45, 2.75) is 33.6 Å². The highest BCUT2D eigenvalue weighted by Crippen LogP contribution is 2.21.